The molecule has 1 aliphatic heterocycles. The van der Waals surface area contributed by atoms with E-state index in [1.807, 2.05) is 24.3 Å². The molecule has 0 bridgehead atoms. The number of ether oxygens (including phenoxy) is 1. The molecule has 2 rings (SSSR count). The Morgan fingerprint density at radius 2 is 2.28 bits per heavy atom. The summed E-state index contributed by atoms with van der Waals surface area (Å²) in [5.74, 6) is 0.638. The highest BCUT2D eigenvalue weighted by Gasteiger charge is 2.15. The predicted octanol–water partition coefficient (Wildman–Crippen LogP) is 1.35. The molecule has 1 amide bonds. The topological polar surface area (TPSA) is 64.4 Å². The van der Waals surface area contributed by atoms with Crippen molar-refractivity contribution in [1.29, 1.82) is 0 Å². The van der Waals surface area contributed by atoms with Crippen LogP contribution in [0.4, 0.5) is 5.69 Å². The van der Waals surface area contributed by atoms with Gasteiger partial charge in [-0.3, -0.25) is 4.79 Å². The van der Waals surface area contributed by atoms with Crippen molar-refractivity contribution in [2.24, 2.45) is 5.92 Å². The van der Waals surface area contributed by atoms with Crippen LogP contribution >= 0.6 is 0 Å². The van der Waals surface area contributed by atoms with Gasteiger partial charge in [0.25, 0.3) is 0 Å². The maximum atomic E-state index is 11.7. The molecule has 0 aromatic heterocycles. The number of anilines is 1. The second-order valence-electron chi connectivity index (χ2n) is 4.74. The minimum atomic E-state index is 0.0341. The molecule has 18 heavy (non-hydrogen) atoms. The maximum absolute atomic E-state index is 11.7. The lowest BCUT2D eigenvalue weighted by atomic mass is 10.1. The van der Waals surface area contributed by atoms with E-state index < -0.39 is 0 Å². The van der Waals surface area contributed by atoms with E-state index in [4.69, 9.17) is 10.5 Å². The van der Waals surface area contributed by atoms with E-state index in [9.17, 15) is 4.79 Å². The molecule has 1 fully saturated rings. The van der Waals surface area contributed by atoms with E-state index in [0.717, 1.165) is 38.2 Å². The second-order valence-corrected chi connectivity index (χ2v) is 4.74. The average molecular weight is 248 g/mol. The fraction of sp³-hybridized carbons (Fsp3) is 0.500. The standard InChI is InChI=1S/C14H20N2O2/c15-13-4-2-1-3-12(13)9-14(17)16-7-5-11-6-8-18-10-11/h1-4,11H,5-10,15H2,(H,16,17). The number of hydrogen-bond donors (Lipinski definition) is 2. The summed E-state index contributed by atoms with van der Waals surface area (Å²) in [6, 6.07) is 7.48. The lowest BCUT2D eigenvalue weighted by Gasteiger charge is -2.09. The van der Waals surface area contributed by atoms with Crippen LogP contribution in [0.15, 0.2) is 24.3 Å². The van der Waals surface area contributed by atoms with E-state index in [0.29, 0.717) is 18.0 Å². The van der Waals surface area contributed by atoms with Crippen LogP contribution in [-0.4, -0.2) is 25.7 Å². The Kier molecular flexibility index (Phi) is 4.59. The van der Waals surface area contributed by atoms with Crippen LogP contribution in [0.25, 0.3) is 0 Å². The summed E-state index contributed by atoms with van der Waals surface area (Å²) < 4.78 is 5.30. The summed E-state index contributed by atoms with van der Waals surface area (Å²) in [5, 5.41) is 2.94. The number of carbonyl (C=O) groups is 1. The van der Waals surface area contributed by atoms with Crippen LogP contribution in [-0.2, 0) is 16.0 Å². The molecule has 4 nitrogen and oxygen atoms in total. The first-order valence-corrected chi connectivity index (χ1v) is 6.43. The molecular formula is C14H20N2O2. The zero-order valence-corrected chi connectivity index (χ0v) is 10.5. The minimum Gasteiger partial charge on any atom is -0.398 e. The largest absolute Gasteiger partial charge is 0.398 e. The van der Waals surface area contributed by atoms with E-state index in [2.05, 4.69) is 5.32 Å². The Hall–Kier alpha value is -1.55. The van der Waals surface area contributed by atoms with Gasteiger partial charge in [0.1, 0.15) is 0 Å². The lowest BCUT2D eigenvalue weighted by Crippen LogP contribution is -2.27. The molecule has 1 atom stereocenters. The molecule has 1 unspecified atom stereocenters. The minimum absolute atomic E-state index is 0.0341. The van der Waals surface area contributed by atoms with Gasteiger partial charge in [-0.05, 0) is 30.4 Å². The van der Waals surface area contributed by atoms with Crippen molar-refractivity contribution in [1.82, 2.24) is 5.32 Å². The molecule has 4 heteroatoms. The quantitative estimate of drug-likeness (QED) is 0.773. The molecule has 98 valence electrons. The van der Waals surface area contributed by atoms with Gasteiger partial charge in [-0.2, -0.15) is 0 Å². The molecule has 0 radical (unpaired) electrons. The fourth-order valence-corrected chi connectivity index (χ4v) is 2.16. The molecular weight excluding hydrogens is 228 g/mol. The third-order valence-corrected chi connectivity index (χ3v) is 3.30. The Labute approximate surface area is 108 Å². The zero-order valence-electron chi connectivity index (χ0n) is 10.5. The summed E-state index contributed by atoms with van der Waals surface area (Å²) in [7, 11) is 0. The summed E-state index contributed by atoms with van der Waals surface area (Å²) in [4.78, 5) is 11.7. The highest BCUT2D eigenvalue weighted by molar-refractivity contribution is 5.80. The normalized spacial score (nSPS) is 18.8. The van der Waals surface area contributed by atoms with Gasteiger partial charge in [0.15, 0.2) is 0 Å². The van der Waals surface area contributed by atoms with Gasteiger partial charge < -0.3 is 15.8 Å². The summed E-state index contributed by atoms with van der Waals surface area (Å²) in [6.45, 7) is 2.42. The molecule has 0 aliphatic carbocycles. The van der Waals surface area contributed by atoms with E-state index in [1.165, 1.54) is 0 Å². The number of carbonyl (C=O) groups excluding carboxylic acids is 1. The molecule has 1 aliphatic rings. The zero-order chi connectivity index (χ0) is 12.8. The van der Waals surface area contributed by atoms with Gasteiger partial charge in [0.2, 0.25) is 5.91 Å². The molecule has 1 saturated heterocycles. The van der Waals surface area contributed by atoms with Gasteiger partial charge in [0, 0.05) is 25.4 Å². The van der Waals surface area contributed by atoms with Crippen LogP contribution in [0.5, 0.6) is 0 Å². The van der Waals surface area contributed by atoms with Gasteiger partial charge in [-0.25, -0.2) is 0 Å². The average Bonchev–Trinajstić information content (AvgIpc) is 2.85. The smallest absolute Gasteiger partial charge is 0.224 e. The lowest BCUT2D eigenvalue weighted by molar-refractivity contribution is -0.120. The molecule has 3 N–H and O–H groups in total. The first kappa shape index (κ1) is 12.9. The van der Waals surface area contributed by atoms with E-state index in [1.54, 1.807) is 0 Å². The van der Waals surface area contributed by atoms with Gasteiger partial charge >= 0.3 is 0 Å². The highest BCUT2D eigenvalue weighted by atomic mass is 16.5. The molecule has 0 saturated carbocycles. The van der Waals surface area contributed by atoms with Crippen molar-refractivity contribution in [2.45, 2.75) is 19.3 Å². The van der Waals surface area contributed by atoms with E-state index in [-0.39, 0.29) is 5.91 Å². The molecule has 1 aromatic rings. The Morgan fingerprint density at radius 3 is 3.00 bits per heavy atom. The van der Waals surface area contributed by atoms with Crippen LogP contribution in [0.2, 0.25) is 0 Å². The number of nitrogens with one attached hydrogen (secondary N) is 1. The van der Waals surface area contributed by atoms with Gasteiger partial charge in [-0.1, -0.05) is 18.2 Å². The summed E-state index contributed by atoms with van der Waals surface area (Å²) in [6.07, 6.45) is 2.46. The van der Waals surface area contributed by atoms with Crippen molar-refractivity contribution in [2.75, 3.05) is 25.5 Å². The maximum Gasteiger partial charge on any atom is 0.224 e. The van der Waals surface area contributed by atoms with Gasteiger partial charge in [-0.15, -0.1) is 0 Å². The predicted molar refractivity (Wildman–Crippen MR) is 71.1 cm³/mol. The monoisotopic (exact) mass is 248 g/mol. The van der Waals surface area contributed by atoms with Crippen LogP contribution in [0.3, 0.4) is 0 Å². The van der Waals surface area contributed by atoms with Crippen molar-refractivity contribution < 1.29 is 9.53 Å². The van der Waals surface area contributed by atoms with Gasteiger partial charge in [0.05, 0.1) is 6.42 Å². The number of nitrogens with two attached hydrogens (primary N) is 1. The Balaban J connectivity index is 1.70. The third kappa shape index (κ3) is 3.74. The van der Waals surface area contributed by atoms with Crippen molar-refractivity contribution >= 4 is 11.6 Å². The van der Waals surface area contributed by atoms with Crippen molar-refractivity contribution in [3.63, 3.8) is 0 Å². The summed E-state index contributed by atoms with van der Waals surface area (Å²) in [5.41, 5.74) is 7.37. The van der Waals surface area contributed by atoms with Crippen LogP contribution < -0.4 is 11.1 Å². The SMILES string of the molecule is Nc1ccccc1CC(=O)NCCC1CCOC1. The van der Waals surface area contributed by atoms with Crippen LogP contribution in [0, 0.1) is 5.92 Å². The van der Waals surface area contributed by atoms with Crippen molar-refractivity contribution in [3.8, 4) is 0 Å². The summed E-state index contributed by atoms with van der Waals surface area (Å²) >= 11 is 0. The number of hydrogen-bond acceptors (Lipinski definition) is 3. The van der Waals surface area contributed by atoms with E-state index >= 15 is 0 Å². The fourth-order valence-electron chi connectivity index (χ4n) is 2.16. The second kappa shape index (κ2) is 6.40. The third-order valence-electron chi connectivity index (χ3n) is 3.30. The highest BCUT2D eigenvalue weighted by Crippen LogP contribution is 2.15. The van der Waals surface area contributed by atoms with Crippen molar-refractivity contribution in [3.05, 3.63) is 29.8 Å². The number of rotatable bonds is 5. The number of para-hydroxylation sites is 1. The van der Waals surface area contributed by atoms with Crippen LogP contribution in [0.1, 0.15) is 18.4 Å². The number of nitrogen functional groups attached to an aromatic ring is 1. The molecule has 1 aromatic carbocycles. The molecule has 0 spiro atoms. The first-order chi connectivity index (χ1) is 8.75. The first-order valence-electron chi connectivity index (χ1n) is 6.43. The molecule has 1 heterocycles. The Bertz CT molecular complexity index is 401. The number of amides is 1. The Morgan fingerprint density at radius 1 is 1.44 bits per heavy atom. The number of benzene rings is 1.